The number of aliphatic hydroxyl groups is 1. The largest absolute Gasteiger partial charge is 0.480 e. The van der Waals surface area contributed by atoms with Crippen LogP contribution in [-0.2, 0) is 20.6 Å². The average molecular weight is 317 g/mol. The van der Waals surface area contributed by atoms with Gasteiger partial charge in [0, 0.05) is 0 Å². The van der Waals surface area contributed by atoms with Crippen LogP contribution in [0, 0.1) is 0 Å². The van der Waals surface area contributed by atoms with Gasteiger partial charge in [-0.15, -0.1) is 0 Å². The number of carbonyl (C=O) groups is 1. The number of nitrogens with one attached hydrogen (secondary N) is 1. The van der Waals surface area contributed by atoms with Gasteiger partial charge < -0.3 is 10.2 Å². The van der Waals surface area contributed by atoms with Crippen molar-refractivity contribution in [3.8, 4) is 0 Å². The third-order valence-electron chi connectivity index (χ3n) is 2.52. The minimum atomic E-state index is -3.91. The maximum atomic E-state index is 11.9. The summed E-state index contributed by atoms with van der Waals surface area (Å²) < 4.78 is 33.7. The second kappa shape index (κ2) is 5.79. The van der Waals surface area contributed by atoms with Crippen molar-refractivity contribution in [1.82, 2.24) is 13.5 Å². The van der Waals surface area contributed by atoms with Gasteiger partial charge in [0.2, 0.25) is 10.0 Å². The monoisotopic (exact) mass is 317 g/mol. The average Bonchev–Trinajstić information content (AvgIpc) is 2.84. The Morgan fingerprint density at radius 1 is 1.40 bits per heavy atom. The fraction of sp³-hybridized carbons (Fsp3) is 0.300. The van der Waals surface area contributed by atoms with Gasteiger partial charge in [0.05, 0.1) is 24.1 Å². The summed E-state index contributed by atoms with van der Waals surface area (Å²) in [6.07, 6.45) is 0. The molecule has 1 aromatic heterocycles. The van der Waals surface area contributed by atoms with E-state index in [4.69, 9.17) is 10.2 Å². The van der Waals surface area contributed by atoms with Crippen molar-refractivity contribution >= 4 is 38.8 Å². The third kappa shape index (κ3) is 3.28. The van der Waals surface area contributed by atoms with Crippen LogP contribution in [0.1, 0.15) is 5.56 Å². The number of fused-ring (bicyclic) bond motifs is 1. The highest BCUT2D eigenvalue weighted by Gasteiger charge is 2.24. The molecule has 0 saturated heterocycles. The number of hydrogen-bond acceptors (Lipinski definition) is 7. The van der Waals surface area contributed by atoms with Gasteiger partial charge in [-0.2, -0.15) is 13.5 Å². The smallest absolute Gasteiger partial charge is 0.324 e. The number of benzene rings is 1. The van der Waals surface area contributed by atoms with E-state index in [0.717, 1.165) is 11.7 Å². The summed E-state index contributed by atoms with van der Waals surface area (Å²) in [6, 6.07) is 3.37. The van der Waals surface area contributed by atoms with Crippen LogP contribution < -0.4 is 4.72 Å². The van der Waals surface area contributed by atoms with Crippen molar-refractivity contribution in [1.29, 1.82) is 0 Å². The van der Waals surface area contributed by atoms with E-state index in [1.807, 2.05) is 4.72 Å². The molecule has 0 fully saturated rings. The Hall–Kier alpha value is -1.62. The summed E-state index contributed by atoms with van der Waals surface area (Å²) in [5, 5.41) is 17.6. The highest BCUT2D eigenvalue weighted by atomic mass is 32.2. The van der Waals surface area contributed by atoms with Gasteiger partial charge in [0.25, 0.3) is 0 Å². The molecule has 0 spiro atoms. The first kappa shape index (κ1) is 14.8. The van der Waals surface area contributed by atoms with Crippen molar-refractivity contribution in [2.75, 3.05) is 6.61 Å². The van der Waals surface area contributed by atoms with E-state index >= 15 is 0 Å². The Labute approximate surface area is 118 Å². The molecule has 3 N–H and O–H groups in total. The molecule has 0 bridgehead atoms. The Balaban J connectivity index is 2.24. The van der Waals surface area contributed by atoms with Crippen molar-refractivity contribution in [2.45, 2.75) is 11.8 Å². The fourth-order valence-corrected chi connectivity index (χ4v) is 3.51. The van der Waals surface area contributed by atoms with Gasteiger partial charge in [-0.25, -0.2) is 8.42 Å². The summed E-state index contributed by atoms with van der Waals surface area (Å²) >= 11 is 0.967. The van der Waals surface area contributed by atoms with E-state index in [1.165, 1.54) is 0 Å². The van der Waals surface area contributed by atoms with Crippen LogP contribution in [-0.4, -0.2) is 46.0 Å². The molecule has 0 aliphatic carbocycles. The fourth-order valence-electron chi connectivity index (χ4n) is 1.61. The summed E-state index contributed by atoms with van der Waals surface area (Å²) in [6.45, 7) is -0.822. The zero-order valence-corrected chi connectivity index (χ0v) is 11.7. The lowest BCUT2D eigenvalue weighted by molar-refractivity contribution is -0.139. The standard InChI is InChI=1S/C10H11N3O5S2/c14-4-8(10(15)16)13-20(17,18)5-6-2-1-3-7-9(6)12-19-11-7/h1-3,8,13-14H,4-5H2,(H,15,16)/t8-/m0/s1. The number of aliphatic carboxylic acids is 1. The van der Waals surface area contributed by atoms with Crippen molar-refractivity contribution < 1.29 is 23.4 Å². The molecule has 10 heteroatoms. The molecule has 108 valence electrons. The summed E-state index contributed by atoms with van der Waals surface area (Å²) in [4.78, 5) is 10.7. The number of sulfonamides is 1. The molecule has 0 unspecified atom stereocenters. The Kier molecular flexibility index (Phi) is 4.28. The van der Waals surface area contributed by atoms with Crippen molar-refractivity contribution in [3.05, 3.63) is 23.8 Å². The van der Waals surface area contributed by atoms with E-state index in [-0.39, 0.29) is 0 Å². The molecule has 1 aromatic carbocycles. The van der Waals surface area contributed by atoms with Gasteiger partial charge in [0.1, 0.15) is 17.1 Å². The molecule has 0 aliphatic heterocycles. The number of carboxylic acid groups (broad SMARTS) is 1. The Morgan fingerprint density at radius 3 is 2.80 bits per heavy atom. The summed E-state index contributed by atoms with van der Waals surface area (Å²) in [5.41, 5.74) is 1.48. The number of nitrogens with zero attached hydrogens (tertiary/aromatic N) is 2. The second-order valence-electron chi connectivity index (χ2n) is 4.00. The molecule has 2 rings (SSSR count). The van der Waals surface area contributed by atoms with E-state index in [9.17, 15) is 13.2 Å². The summed E-state index contributed by atoms with van der Waals surface area (Å²) in [7, 11) is -3.91. The molecule has 0 saturated carbocycles. The number of carboxylic acids is 1. The van der Waals surface area contributed by atoms with Crippen LogP contribution in [0.5, 0.6) is 0 Å². The zero-order chi connectivity index (χ0) is 14.8. The number of hydrogen-bond donors (Lipinski definition) is 3. The van der Waals surface area contributed by atoms with Gasteiger partial charge in [0.15, 0.2) is 0 Å². The molecule has 0 aliphatic rings. The quantitative estimate of drug-likeness (QED) is 0.658. The molecule has 0 amide bonds. The third-order valence-corrected chi connectivity index (χ3v) is 4.39. The van der Waals surface area contributed by atoms with Crippen LogP contribution in [0.25, 0.3) is 11.0 Å². The molecule has 1 atom stereocenters. The molecular formula is C10H11N3O5S2. The minimum Gasteiger partial charge on any atom is -0.480 e. The highest BCUT2D eigenvalue weighted by Crippen LogP contribution is 2.18. The SMILES string of the molecule is O=C(O)[C@H](CO)NS(=O)(=O)Cc1cccc2nsnc12. The molecule has 0 radical (unpaired) electrons. The van der Waals surface area contributed by atoms with E-state index in [1.54, 1.807) is 18.2 Å². The first-order valence-corrected chi connectivity index (χ1v) is 7.85. The zero-order valence-electron chi connectivity index (χ0n) is 10.1. The lowest BCUT2D eigenvalue weighted by atomic mass is 10.2. The topological polar surface area (TPSA) is 129 Å². The minimum absolute atomic E-state index is 0.422. The molecule has 20 heavy (non-hydrogen) atoms. The van der Waals surface area contributed by atoms with E-state index in [2.05, 4.69) is 8.75 Å². The van der Waals surface area contributed by atoms with Crippen molar-refractivity contribution in [2.24, 2.45) is 0 Å². The van der Waals surface area contributed by atoms with Gasteiger partial charge >= 0.3 is 5.97 Å². The maximum Gasteiger partial charge on any atom is 0.324 e. The first-order chi connectivity index (χ1) is 9.43. The second-order valence-corrected chi connectivity index (χ2v) is 6.28. The van der Waals surface area contributed by atoms with E-state index in [0.29, 0.717) is 16.6 Å². The lowest BCUT2D eigenvalue weighted by Crippen LogP contribution is -2.43. The van der Waals surface area contributed by atoms with Crippen LogP contribution in [0.15, 0.2) is 18.2 Å². The first-order valence-electron chi connectivity index (χ1n) is 5.47. The van der Waals surface area contributed by atoms with Gasteiger partial charge in [-0.05, 0) is 11.6 Å². The number of aromatic nitrogens is 2. The summed E-state index contributed by atoms with van der Waals surface area (Å²) in [5.74, 6) is -1.87. The Morgan fingerprint density at radius 2 is 2.15 bits per heavy atom. The van der Waals surface area contributed by atoms with Gasteiger partial charge in [-0.3, -0.25) is 4.79 Å². The maximum absolute atomic E-state index is 11.9. The van der Waals surface area contributed by atoms with Gasteiger partial charge in [-0.1, -0.05) is 12.1 Å². The number of rotatable bonds is 6. The molecular weight excluding hydrogens is 306 g/mol. The predicted molar refractivity (Wildman–Crippen MR) is 71.7 cm³/mol. The Bertz CT molecular complexity index is 727. The van der Waals surface area contributed by atoms with Crippen molar-refractivity contribution in [3.63, 3.8) is 0 Å². The van der Waals surface area contributed by atoms with Crippen LogP contribution in [0.2, 0.25) is 0 Å². The predicted octanol–water partition coefficient (Wildman–Crippen LogP) is -0.444. The normalized spacial score (nSPS) is 13.4. The van der Waals surface area contributed by atoms with E-state index < -0.39 is 34.4 Å². The lowest BCUT2D eigenvalue weighted by Gasteiger charge is -2.12. The van der Waals surface area contributed by atoms with Crippen LogP contribution in [0.4, 0.5) is 0 Å². The van der Waals surface area contributed by atoms with Crippen LogP contribution in [0.3, 0.4) is 0 Å². The molecule has 2 aromatic rings. The molecule has 8 nitrogen and oxygen atoms in total. The van der Waals surface area contributed by atoms with Crippen LogP contribution >= 0.6 is 11.7 Å². The highest BCUT2D eigenvalue weighted by molar-refractivity contribution is 7.88. The molecule has 1 heterocycles. The number of aliphatic hydroxyl groups excluding tert-OH is 1.